The number of methoxy groups -OCH3 is 2. The van der Waals surface area contributed by atoms with Gasteiger partial charge in [0.1, 0.15) is 5.75 Å². The highest BCUT2D eigenvalue weighted by atomic mass is 32.2. The Morgan fingerprint density at radius 1 is 1.16 bits per heavy atom. The predicted molar refractivity (Wildman–Crippen MR) is 99.0 cm³/mol. The molecule has 9 nitrogen and oxygen atoms in total. The van der Waals surface area contributed by atoms with E-state index in [0.29, 0.717) is 17.2 Å². The van der Waals surface area contributed by atoms with Gasteiger partial charge in [0.25, 0.3) is 10.0 Å². The number of pyridine rings is 1. The lowest BCUT2D eigenvalue weighted by atomic mass is 10.3. The minimum absolute atomic E-state index is 0.00724. The van der Waals surface area contributed by atoms with E-state index in [4.69, 9.17) is 9.47 Å². The van der Waals surface area contributed by atoms with Gasteiger partial charge in [0.2, 0.25) is 5.16 Å². The highest BCUT2D eigenvalue weighted by Crippen LogP contribution is 2.29. The fourth-order valence-corrected chi connectivity index (χ4v) is 3.41. The van der Waals surface area contributed by atoms with E-state index >= 15 is 0 Å². The third-order valence-electron chi connectivity index (χ3n) is 3.97. The number of aromatic amines is 1. The first-order valence-corrected chi connectivity index (χ1v) is 9.95. The monoisotopic (exact) mass is 464 g/mol. The quantitative estimate of drug-likeness (QED) is 0.468. The van der Waals surface area contributed by atoms with Crippen LogP contribution >= 0.6 is 0 Å². The van der Waals surface area contributed by atoms with Crippen molar-refractivity contribution in [3.63, 3.8) is 0 Å². The molecule has 0 unspecified atom stereocenters. The van der Waals surface area contributed by atoms with Crippen LogP contribution in [0, 0.1) is 0 Å². The second-order valence-corrected chi connectivity index (χ2v) is 7.72. The number of aromatic nitrogens is 3. The van der Waals surface area contributed by atoms with Crippen LogP contribution in [0.1, 0.15) is 5.69 Å². The topological polar surface area (TPSA) is 115 Å². The Bertz CT molecular complexity index is 1190. The molecule has 0 saturated carbocycles. The molecule has 14 heteroatoms. The Morgan fingerprint density at radius 3 is 2.52 bits per heavy atom. The molecule has 168 valence electrons. The molecule has 0 bridgehead atoms. The van der Waals surface area contributed by atoms with Gasteiger partial charge < -0.3 is 19.2 Å². The van der Waals surface area contributed by atoms with Gasteiger partial charge in [-0.2, -0.15) is 17.6 Å². The molecule has 0 aliphatic rings. The molecule has 0 radical (unpaired) electrons. The highest BCUT2D eigenvalue weighted by molar-refractivity contribution is 7.89. The molecule has 2 N–H and O–H groups in total. The molecule has 2 aromatic heterocycles. The van der Waals surface area contributed by atoms with Crippen molar-refractivity contribution < 1.29 is 40.2 Å². The molecule has 0 aliphatic heterocycles. The summed E-state index contributed by atoms with van der Waals surface area (Å²) in [7, 11) is -1.32. The van der Waals surface area contributed by atoms with Crippen molar-refractivity contribution in [2.24, 2.45) is 0 Å². The fraction of sp³-hybridized carbons (Fsp3) is 0.294. The zero-order chi connectivity index (χ0) is 22.8. The number of alkyl halides is 4. The van der Waals surface area contributed by atoms with E-state index in [2.05, 4.69) is 24.4 Å². The van der Waals surface area contributed by atoms with E-state index in [9.17, 15) is 26.0 Å². The zero-order valence-electron chi connectivity index (χ0n) is 16.0. The predicted octanol–water partition coefficient (Wildman–Crippen LogP) is 2.69. The van der Waals surface area contributed by atoms with Gasteiger partial charge in [-0.3, -0.25) is 4.98 Å². The lowest BCUT2D eigenvalue weighted by Gasteiger charge is -2.16. The number of fused-ring (bicyclic) bond motifs is 1. The highest BCUT2D eigenvalue weighted by Gasteiger charge is 2.44. The molecule has 3 rings (SSSR count). The van der Waals surface area contributed by atoms with Crippen molar-refractivity contribution in [2.45, 2.75) is 24.2 Å². The number of rotatable bonds is 9. The number of H-pyrrole nitrogens is 1. The summed E-state index contributed by atoms with van der Waals surface area (Å²) >= 11 is 0. The van der Waals surface area contributed by atoms with E-state index < -0.39 is 33.5 Å². The van der Waals surface area contributed by atoms with Crippen LogP contribution < -0.4 is 18.9 Å². The third-order valence-corrected chi connectivity index (χ3v) is 5.19. The van der Waals surface area contributed by atoms with Gasteiger partial charge in [-0.1, -0.05) is 0 Å². The lowest BCUT2D eigenvalue weighted by Crippen LogP contribution is -2.33. The van der Waals surface area contributed by atoms with E-state index in [0.717, 1.165) is 18.2 Å². The van der Waals surface area contributed by atoms with Gasteiger partial charge in [-0.05, 0) is 12.1 Å². The van der Waals surface area contributed by atoms with Crippen LogP contribution in [0.3, 0.4) is 0 Å². The summed E-state index contributed by atoms with van der Waals surface area (Å²) in [5, 5.41) is -0.513. The van der Waals surface area contributed by atoms with Gasteiger partial charge >= 0.3 is 12.5 Å². The summed E-state index contributed by atoms with van der Waals surface area (Å²) < 4.78 is 92.2. The van der Waals surface area contributed by atoms with Crippen molar-refractivity contribution in [3.8, 4) is 17.2 Å². The van der Waals surface area contributed by atoms with Gasteiger partial charge in [0.15, 0.2) is 11.5 Å². The van der Waals surface area contributed by atoms with Crippen LogP contribution in [-0.2, 0) is 16.6 Å². The van der Waals surface area contributed by atoms with Crippen LogP contribution in [-0.4, -0.2) is 50.1 Å². The van der Waals surface area contributed by atoms with E-state index in [-0.39, 0.29) is 17.6 Å². The first-order valence-electron chi connectivity index (χ1n) is 8.47. The molecule has 2 heterocycles. The maximum atomic E-state index is 13.1. The van der Waals surface area contributed by atoms with Gasteiger partial charge in [-0.25, -0.2) is 18.1 Å². The first kappa shape index (κ1) is 22.6. The Morgan fingerprint density at radius 2 is 1.87 bits per heavy atom. The van der Waals surface area contributed by atoms with Gasteiger partial charge in [-0.15, -0.1) is 0 Å². The Labute approximate surface area is 173 Å². The van der Waals surface area contributed by atoms with Crippen molar-refractivity contribution in [1.82, 2.24) is 19.7 Å². The first-order chi connectivity index (χ1) is 14.6. The van der Waals surface area contributed by atoms with Crippen molar-refractivity contribution >= 4 is 21.1 Å². The van der Waals surface area contributed by atoms with Crippen LogP contribution in [0.25, 0.3) is 11.0 Å². The number of nitrogens with one attached hydrogen (secondary N) is 2. The Balaban J connectivity index is 1.79. The minimum atomic E-state index is -4.70. The number of benzene rings is 1. The molecule has 0 aliphatic carbocycles. The van der Waals surface area contributed by atoms with Crippen LogP contribution in [0.4, 0.5) is 17.6 Å². The molecule has 0 fully saturated rings. The lowest BCUT2D eigenvalue weighted by molar-refractivity contribution is -0.253. The number of ether oxygens (including phenoxy) is 3. The maximum Gasteiger partial charge on any atom is 0.461 e. The average Bonchev–Trinajstić information content (AvgIpc) is 3.16. The summed E-state index contributed by atoms with van der Waals surface area (Å²) in [5.41, 5.74) is 0.409. The maximum absolute atomic E-state index is 13.1. The number of nitrogens with zero attached hydrogens (tertiary/aromatic N) is 2. The number of hydrogen-bond donors (Lipinski definition) is 2. The molecule has 1 aromatic carbocycles. The summed E-state index contributed by atoms with van der Waals surface area (Å²) in [5.74, 6) is 0.123. The van der Waals surface area contributed by atoms with Crippen LogP contribution in [0.2, 0.25) is 0 Å². The summed E-state index contributed by atoms with van der Waals surface area (Å²) in [4.78, 5) is 10.3. The number of hydrogen-bond acceptors (Lipinski definition) is 7. The van der Waals surface area contributed by atoms with Crippen molar-refractivity contribution in [2.75, 3.05) is 14.2 Å². The SMILES string of the molecule is COc1cnc(CNS(=O)(=O)c2nc3ccc(OC(F)(F)C(F)F)cc3[nH]2)cc1OC. The van der Waals surface area contributed by atoms with Crippen molar-refractivity contribution in [3.05, 3.63) is 36.2 Å². The molecule has 0 amide bonds. The van der Waals surface area contributed by atoms with Crippen molar-refractivity contribution in [1.29, 1.82) is 0 Å². The standard InChI is InChI=1S/C17H16F4N4O5S/c1-28-13-5-9(22-8-14(13)29-2)7-23-31(26,27)16-24-11-4-3-10(6-12(11)25-16)30-17(20,21)15(18)19/h3-6,8,15,23H,7H2,1-2H3,(H,24,25). The fourth-order valence-electron chi connectivity index (χ4n) is 2.47. The molecule has 0 saturated heterocycles. The minimum Gasteiger partial charge on any atom is -0.493 e. The number of sulfonamides is 1. The number of imidazole rings is 1. The number of halogens is 4. The van der Waals surface area contributed by atoms with Gasteiger partial charge in [0.05, 0.1) is 43.7 Å². The molecular formula is C17H16F4N4O5S. The Hall–Kier alpha value is -3.13. The average molecular weight is 464 g/mol. The van der Waals surface area contributed by atoms with Crippen LogP contribution in [0.5, 0.6) is 17.2 Å². The smallest absolute Gasteiger partial charge is 0.461 e. The van der Waals surface area contributed by atoms with Gasteiger partial charge in [0, 0.05) is 12.1 Å². The van der Waals surface area contributed by atoms with Crippen LogP contribution in [0.15, 0.2) is 35.6 Å². The zero-order valence-corrected chi connectivity index (χ0v) is 16.8. The molecule has 0 spiro atoms. The summed E-state index contributed by atoms with van der Waals surface area (Å²) in [6.45, 7) is -0.214. The van der Waals surface area contributed by atoms with E-state index in [1.54, 1.807) is 0 Å². The summed E-state index contributed by atoms with van der Waals surface area (Å²) in [6.07, 6.45) is -7.37. The van der Waals surface area contributed by atoms with E-state index in [1.165, 1.54) is 26.5 Å². The second kappa shape index (κ2) is 8.55. The largest absolute Gasteiger partial charge is 0.493 e. The normalized spacial score (nSPS) is 12.4. The van der Waals surface area contributed by atoms with E-state index in [1.807, 2.05) is 0 Å². The summed E-state index contributed by atoms with van der Waals surface area (Å²) in [6, 6.07) is 4.54. The molecule has 0 atom stereocenters. The molecular weight excluding hydrogens is 448 g/mol. The molecule has 3 aromatic rings. The Kier molecular flexibility index (Phi) is 6.22. The second-order valence-electron chi connectivity index (χ2n) is 6.04. The molecule has 31 heavy (non-hydrogen) atoms. The third kappa shape index (κ3) is 4.96.